The minimum absolute atomic E-state index is 0.0564. The van der Waals surface area contributed by atoms with Gasteiger partial charge in [0.1, 0.15) is 9.23 Å². The summed E-state index contributed by atoms with van der Waals surface area (Å²) in [6.07, 6.45) is 1.83. The van der Waals surface area contributed by atoms with E-state index in [4.69, 9.17) is 23.2 Å². The van der Waals surface area contributed by atoms with Gasteiger partial charge in [0, 0.05) is 12.3 Å². The van der Waals surface area contributed by atoms with Crippen molar-refractivity contribution < 1.29 is 13.5 Å². The number of sulfonamides is 1. The van der Waals surface area contributed by atoms with E-state index in [1.807, 2.05) is 6.26 Å². The third-order valence-corrected chi connectivity index (χ3v) is 6.08. The molecule has 1 heterocycles. The van der Waals surface area contributed by atoms with Crippen LogP contribution in [0.25, 0.3) is 0 Å². The highest BCUT2D eigenvalue weighted by Gasteiger charge is 2.26. The molecule has 0 bridgehead atoms. The van der Waals surface area contributed by atoms with Gasteiger partial charge in [-0.3, -0.25) is 0 Å². The van der Waals surface area contributed by atoms with Gasteiger partial charge in [0.25, 0.3) is 0 Å². The van der Waals surface area contributed by atoms with E-state index < -0.39 is 15.6 Å². The first-order valence-corrected chi connectivity index (χ1v) is 9.29. The Morgan fingerprint density at radius 1 is 1.56 bits per heavy atom. The summed E-state index contributed by atoms with van der Waals surface area (Å²) in [6, 6.07) is 1.29. The molecule has 0 spiro atoms. The fraction of sp³-hybridized carbons (Fsp3) is 0.556. The number of aliphatic hydroxyl groups is 1. The van der Waals surface area contributed by atoms with Crippen LogP contribution >= 0.6 is 46.3 Å². The Labute approximate surface area is 125 Å². The summed E-state index contributed by atoms with van der Waals surface area (Å²) in [7, 11) is -3.75. The van der Waals surface area contributed by atoms with Crippen molar-refractivity contribution in [3.8, 4) is 0 Å². The summed E-state index contributed by atoms with van der Waals surface area (Å²) in [5.41, 5.74) is -1.11. The summed E-state index contributed by atoms with van der Waals surface area (Å²) < 4.78 is 26.6. The average molecular weight is 350 g/mol. The maximum Gasteiger partial charge on any atom is 0.243 e. The van der Waals surface area contributed by atoms with Crippen molar-refractivity contribution in [1.29, 1.82) is 0 Å². The van der Waals surface area contributed by atoms with Gasteiger partial charge in [-0.05, 0) is 19.2 Å². The van der Waals surface area contributed by atoms with Crippen LogP contribution in [0.2, 0.25) is 8.67 Å². The lowest BCUT2D eigenvalue weighted by Crippen LogP contribution is -2.42. The van der Waals surface area contributed by atoms with Gasteiger partial charge < -0.3 is 5.11 Å². The molecule has 0 saturated heterocycles. The van der Waals surface area contributed by atoms with Gasteiger partial charge in [0.15, 0.2) is 0 Å². The zero-order valence-electron chi connectivity index (χ0n) is 9.74. The molecule has 0 radical (unpaired) electrons. The zero-order chi connectivity index (χ0) is 14.0. The molecule has 1 rings (SSSR count). The first-order valence-electron chi connectivity index (χ1n) is 4.84. The van der Waals surface area contributed by atoms with Gasteiger partial charge in [-0.2, -0.15) is 11.8 Å². The number of hydrogen-bond acceptors (Lipinski definition) is 5. The predicted octanol–water partition coefficient (Wildman–Crippen LogP) is 2.45. The van der Waals surface area contributed by atoms with Crippen molar-refractivity contribution in [3.63, 3.8) is 0 Å². The van der Waals surface area contributed by atoms with E-state index in [0.29, 0.717) is 10.1 Å². The van der Waals surface area contributed by atoms with E-state index in [9.17, 15) is 13.5 Å². The Morgan fingerprint density at radius 3 is 2.61 bits per heavy atom. The second kappa shape index (κ2) is 6.30. The molecule has 0 aliphatic heterocycles. The van der Waals surface area contributed by atoms with Crippen LogP contribution in [0.1, 0.15) is 6.92 Å². The van der Waals surface area contributed by atoms with Crippen LogP contribution < -0.4 is 4.72 Å². The second-order valence-corrected chi connectivity index (χ2v) is 8.83. The summed E-state index contributed by atoms with van der Waals surface area (Å²) in [5.74, 6) is 0.424. The van der Waals surface area contributed by atoms with Crippen LogP contribution in [-0.4, -0.2) is 37.7 Å². The van der Waals surface area contributed by atoms with Crippen LogP contribution in [0.3, 0.4) is 0 Å². The lowest BCUT2D eigenvalue weighted by atomic mass is 10.1. The maximum absolute atomic E-state index is 12.0. The van der Waals surface area contributed by atoms with E-state index in [0.717, 1.165) is 11.3 Å². The molecule has 4 nitrogen and oxygen atoms in total. The zero-order valence-corrected chi connectivity index (χ0v) is 13.7. The SMILES string of the molecule is CSCC(C)(O)CNS(=O)(=O)c1cc(Cl)sc1Cl. The number of thioether (sulfide) groups is 1. The van der Waals surface area contributed by atoms with Gasteiger partial charge in [0.05, 0.1) is 9.94 Å². The van der Waals surface area contributed by atoms with Crippen LogP contribution in [0.4, 0.5) is 0 Å². The normalized spacial score (nSPS) is 15.6. The number of halogens is 2. The van der Waals surface area contributed by atoms with Crippen molar-refractivity contribution in [3.05, 3.63) is 14.7 Å². The first kappa shape index (κ1) is 16.6. The Balaban J connectivity index is 2.81. The number of thiophene rings is 1. The third-order valence-electron chi connectivity index (χ3n) is 2.01. The molecule has 1 atom stereocenters. The Hall–Kier alpha value is 0.500. The Morgan fingerprint density at radius 2 is 2.17 bits per heavy atom. The van der Waals surface area contributed by atoms with Crippen molar-refractivity contribution in [2.45, 2.75) is 17.4 Å². The first-order chi connectivity index (χ1) is 8.18. The van der Waals surface area contributed by atoms with Gasteiger partial charge >= 0.3 is 0 Å². The molecule has 2 N–H and O–H groups in total. The molecule has 1 aromatic rings. The second-order valence-electron chi connectivity index (χ2n) is 3.94. The molecule has 0 fully saturated rings. The van der Waals surface area contributed by atoms with E-state index >= 15 is 0 Å². The molecule has 1 unspecified atom stereocenters. The molecule has 0 aliphatic rings. The molecule has 0 amide bonds. The molecular formula is C9H13Cl2NO3S3. The van der Waals surface area contributed by atoms with Gasteiger partial charge in [-0.25, -0.2) is 13.1 Å². The minimum Gasteiger partial charge on any atom is -0.388 e. The molecule has 0 aromatic carbocycles. The fourth-order valence-corrected chi connectivity index (χ4v) is 5.23. The van der Waals surface area contributed by atoms with E-state index in [2.05, 4.69) is 4.72 Å². The lowest BCUT2D eigenvalue weighted by molar-refractivity contribution is 0.0909. The average Bonchev–Trinajstić information content (AvgIpc) is 2.56. The minimum atomic E-state index is -3.75. The van der Waals surface area contributed by atoms with Crippen LogP contribution in [0, 0.1) is 0 Å². The highest BCUT2D eigenvalue weighted by atomic mass is 35.5. The summed E-state index contributed by atoms with van der Waals surface area (Å²) >= 11 is 13.9. The van der Waals surface area contributed by atoms with Gasteiger partial charge in [0.2, 0.25) is 10.0 Å². The predicted molar refractivity (Wildman–Crippen MR) is 78.5 cm³/mol. The van der Waals surface area contributed by atoms with Gasteiger partial charge in [-0.15, -0.1) is 11.3 Å². The molecular weight excluding hydrogens is 337 g/mol. The van der Waals surface area contributed by atoms with Gasteiger partial charge in [-0.1, -0.05) is 23.2 Å². The third kappa shape index (κ3) is 4.56. The van der Waals surface area contributed by atoms with E-state index in [1.54, 1.807) is 6.92 Å². The van der Waals surface area contributed by atoms with Crippen molar-refractivity contribution in [2.75, 3.05) is 18.6 Å². The molecule has 0 aliphatic carbocycles. The Bertz CT molecular complexity index is 513. The summed E-state index contributed by atoms with van der Waals surface area (Å²) in [4.78, 5) is -0.0564. The number of hydrogen-bond donors (Lipinski definition) is 2. The molecule has 18 heavy (non-hydrogen) atoms. The number of rotatable bonds is 6. The Kier molecular flexibility index (Phi) is 5.79. The molecule has 1 aromatic heterocycles. The highest BCUT2D eigenvalue weighted by molar-refractivity contribution is 7.98. The quantitative estimate of drug-likeness (QED) is 0.827. The summed E-state index contributed by atoms with van der Waals surface area (Å²) in [5, 5.41) is 9.89. The van der Waals surface area contributed by atoms with Crippen molar-refractivity contribution in [2.24, 2.45) is 0 Å². The molecule has 0 saturated carbocycles. The monoisotopic (exact) mass is 349 g/mol. The van der Waals surface area contributed by atoms with Crippen LogP contribution in [0.15, 0.2) is 11.0 Å². The smallest absolute Gasteiger partial charge is 0.243 e. The summed E-state index contributed by atoms with van der Waals surface area (Å²) in [6.45, 7) is 1.48. The van der Waals surface area contributed by atoms with Crippen LogP contribution in [-0.2, 0) is 10.0 Å². The lowest BCUT2D eigenvalue weighted by Gasteiger charge is -2.22. The van der Waals surface area contributed by atoms with Crippen molar-refractivity contribution in [1.82, 2.24) is 4.72 Å². The largest absolute Gasteiger partial charge is 0.388 e. The maximum atomic E-state index is 12.0. The molecule has 104 valence electrons. The van der Waals surface area contributed by atoms with Crippen LogP contribution in [0.5, 0.6) is 0 Å². The van der Waals surface area contributed by atoms with E-state index in [-0.39, 0.29) is 15.8 Å². The molecule has 9 heteroatoms. The fourth-order valence-electron chi connectivity index (χ4n) is 1.20. The number of nitrogens with one attached hydrogen (secondary N) is 1. The standard InChI is InChI=1S/C9H13Cl2NO3S3/c1-9(13,5-16-2)4-12-18(14,15)6-3-7(10)17-8(6)11/h3,12-13H,4-5H2,1-2H3. The topological polar surface area (TPSA) is 66.4 Å². The highest BCUT2D eigenvalue weighted by Crippen LogP contribution is 2.34. The van der Waals surface area contributed by atoms with E-state index in [1.165, 1.54) is 17.8 Å². The van der Waals surface area contributed by atoms with Crippen molar-refractivity contribution >= 4 is 56.3 Å².